The van der Waals surface area contributed by atoms with E-state index in [1.165, 1.54) is 18.9 Å². The smallest absolute Gasteiger partial charge is 0.227 e. The molecule has 2 aromatic carbocycles. The summed E-state index contributed by atoms with van der Waals surface area (Å²) in [5.41, 5.74) is 1.66. The monoisotopic (exact) mass is 449 g/mol. The maximum absolute atomic E-state index is 13.3. The number of sulfone groups is 1. The van der Waals surface area contributed by atoms with Gasteiger partial charge in [-0.2, -0.15) is 0 Å². The first-order valence-electron chi connectivity index (χ1n) is 9.22. The van der Waals surface area contributed by atoms with Crippen molar-refractivity contribution in [3.05, 3.63) is 53.7 Å². The normalized spacial score (nSPS) is 12.1. The van der Waals surface area contributed by atoms with E-state index in [1.807, 2.05) is 12.1 Å². The van der Waals surface area contributed by atoms with Gasteiger partial charge in [0.1, 0.15) is 17.2 Å². The Morgan fingerprint density at radius 3 is 2.23 bits per heavy atom. The summed E-state index contributed by atoms with van der Waals surface area (Å²) in [5.74, 6) is 0.927. The Hall–Kier alpha value is -2.58. The summed E-state index contributed by atoms with van der Waals surface area (Å²) < 4.78 is 38.5. The molecule has 0 saturated heterocycles. The average molecular weight is 450 g/mol. The molecule has 0 radical (unpaired) electrons. The van der Waals surface area contributed by atoms with Crippen LogP contribution in [-0.2, 0) is 21.1 Å². The minimum absolute atomic E-state index is 0.0877. The number of alkyl halides is 1. The first kappa shape index (κ1) is 22.1. The van der Waals surface area contributed by atoms with E-state index in [9.17, 15) is 8.42 Å². The molecule has 30 heavy (non-hydrogen) atoms. The highest BCUT2D eigenvalue weighted by molar-refractivity contribution is 7.91. The summed E-state index contributed by atoms with van der Waals surface area (Å²) in [7, 11) is -0.872. The van der Waals surface area contributed by atoms with Gasteiger partial charge in [0.05, 0.1) is 30.7 Å². The fourth-order valence-corrected chi connectivity index (χ4v) is 4.66. The van der Waals surface area contributed by atoms with Crippen LogP contribution < -0.4 is 9.47 Å². The van der Waals surface area contributed by atoms with Crippen LogP contribution in [0, 0.1) is 0 Å². The highest BCUT2D eigenvalue weighted by Crippen LogP contribution is 2.32. The lowest BCUT2D eigenvalue weighted by Crippen LogP contribution is -2.12. The summed E-state index contributed by atoms with van der Waals surface area (Å²) in [4.78, 5) is 0.131. The molecule has 7 nitrogen and oxygen atoms in total. The standard InChI is InChI=1S/C21H24ClN3O4S/c1-21(2,3)14-6-9-16(10-7-14)30(26,27)20-18(13-22)25(24-23-20)17-12-15(28-4)8-11-19(17)29-5/h6-12H,13H2,1-5H3. The quantitative estimate of drug-likeness (QED) is 0.525. The van der Waals surface area contributed by atoms with Crippen molar-refractivity contribution in [3.63, 3.8) is 0 Å². The first-order valence-corrected chi connectivity index (χ1v) is 11.2. The van der Waals surface area contributed by atoms with Crippen LogP contribution in [0.4, 0.5) is 0 Å². The van der Waals surface area contributed by atoms with Crippen molar-refractivity contribution in [2.45, 2.75) is 42.0 Å². The third-order valence-electron chi connectivity index (χ3n) is 4.75. The number of benzene rings is 2. The van der Waals surface area contributed by atoms with Crippen molar-refractivity contribution in [1.82, 2.24) is 15.0 Å². The summed E-state index contributed by atoms with van der Waals surface area (Å²) in [6.07, 6.45) is 0. The van der Waals surface area contributed by atoms with Crippen molar-refractivity contribution in [3.8, 4) is 17.2 Å². The lowest BCUT2D eigenvalue weighted by atomic mass is 9.87. The van der Waals surface area contributed by atoms with Gasteiger partial charge in [0.2, 0.25) is 14.9 Å². The average Bonchev–Trinajstić information content (AvgIpc) is 3.17. The van der Waals surface area contributed by atoms with Gasteiger partial charge in [-0.1, -0.05) is 38.1 Å². The van der Waals surface area contributed by atoms with E-state index in [0.717, 1.165) is 5.56 Å². The van der Waals surface area contributed by atoms with Gasteiger partial charge in [0.15, 0.2) is 0 Å². The van der Waals surface area contributed by atoms with Crippen molar-refractivity contribution in [2.24, 2.45) is 0 Å². The lowest BCUT2D eigenvalue weighted by molar-refractivity contribution is 0.400. The molecule has 0 amide bonds. The molecule has 0 aliphatic carbocycles. The molecule has 0 N–H and O–H groups in total. The van der Waals surface area contributed by atoms with E-state index in [1.54, 1.807) is 30.3 Å². The van der Waals surface area contributed by atoms with Crippen LogP contribution in [-0.4, -0.2) is 37.6 Å². The number of aromatic nitrogens is 3. The van der Waals surface area contributed by atoms with Crippen molar-refractivity contribution in [1.29, 1.82) is 0 Å². The van der Waals surface area contributed by atoms with Gasteiger partial charge in [-0.05, 0) is 35.2 Å². The topological polar surface area (TPSA) is 83.3 Å². The SMILES string of the molecule is COc1ccc(OC)c(-n2nnc(S(=O)(=O)c3ccc(C(C)(C)C)cc3)c2CCl)c1. The van der Waals surface area contributed by atoms with Crippen LogP contribution in [0.1, 0.15) is 32.0 Å². The maximum Gasteiger partial charge on any atom is 0.227 e. The molecule has 0 saturated carbocycles. The molecule has 1 aromatic heterocycles. The van der Waals surface area contributed by atoms with Gasteiger partial charge < -0.3 is 9.47 Å². The number of methoxy groups -OCH3 is 2. The zero-order valence-corrected chi connectivity index (χ0v) is 19.1. The molecule has 0 spiro atoms. The van der Waals surface area contributed by atoms with Crippen LogP contribution in [0.15, 0.2) is 52.4 Å². The second-order valence-electron chi connectivity index (χ2n) is 7.70. The third-order valence-corrected chi connectivity index (χ3v) is 6.73. The Labute approximate surface area is 181 Å². The summed E-state index contributed by atoms with van der Waals surface area (Å²) in [6, 6.07) is 11.9. The fraction of sp³-hybridized carbons (Fsp3) is 0.333. The van der Waals surface area contributed by atoms with Crippen LogP contribution >= 0.6 is 11.6 Å². The van der Waals surface area contributed by atoms with Gasteiger partial charge in [0.25, 0.3) is 0 Å². The van der Waals surface area contributed by atoms with E-state index >= 15 is 0 Å². The Morgan fingerprint density at radius 1 is 1.03 bits per heavy atom. The Balaban J connectivity index is 2.12. The second kappa shape index (κ2) is 8.28. The minimum atomic E-state index is -3.92. The first-order chi connectivity index (χ1) is 14.1. The molecule has 0 aliphatic heterocycles. The molecule has 9 heteroatoms. The molecule has 1 heterocycles. The fourth-order valence-electron chi connectivity index (χ4n) is 3.01. The van der Waals surface area contributed by atoms with Crippen LogP contribution in [0.2, 0.25) is 0 Å². The van der Waals surface area contributed by atoms with Crippen LogP contribution in [0.5, 0.6) is 11.5 Å². The maximum atomic E-state index is 13.3. The zero-order chi connectivity index (χ0) is 22.1. The van der Waals surface area contributed by atoms with Crippen LogP contribution in [0.3, 0.4) is 0 Å². The van der Waals surface area contributed by atoms with Gasteiger partial charge in [-0.15, -0.1) is 16.7 Å². The number of hydrogen-bond donors (Lipinski definition) is 0. The van der Waals surface area contributed by atoms with Crippen molar-refractivity contribution in [2.75, 3.05) is 14.2 Å². The number of hydrogen-bond acceptors (Lipinski definition) is 6. The van der Waals surface area contributed by atoms with Gasteiger partial charge in [-0.25, -0.2) is 13.1 Å². The molecule has 0 unspecified atom stereocenters. The van der Waals surface area contributed by atoms with Gasteiger partial charge in [0, 0.05) is 6.07 Å². The predicted octanol–water partition coefficient (Wildman–Crippen LogP) is 4.15. The number of nitrogens with zero attached hydrogens (tertiary/aromatic N) is 3. The van der Waals surface area contributed by atoms with E-state index < -0.39 is 9.84 Å². The Kier molecular flexibility index (Phi) is 6.10. The highest BCUT2D eigenvalue weighted by Gasteiger charge is 2.29. The second-order valence-corrected chi connectivity index (χ2v) is 9.83. The number of ether oxygens (including phenoxy) is 2. The number of halogens is 1. The largest absolute Gasteiger partial charge is 0.497 e. The molecule has 0 bridgehead atoms. The van der Waals surface area contributed by atoms with E-state index in [-0.39, 0.29) is 26.9 Å². The molecule has 0 fully saturated rings. The summed E-state index contributed by atoms with van der Waals surface area (Å²) >= 11 is 6.14. The van der Waals surface area contributed by atoms with Crippen molar-refractivity contribution >= 4 is 21.4 Å². The van der Waals surface area contributed by atoms with Gasteiger partial charge >= 0.3 is 0 Å². The molecule has 0 atom stereocenters. The van der Waals surface area contributed by atoms with Crippen molar-refractivity contribution < 1.29 is 17.9 Å². The van der Waals surface area contributed by atoms with E-state index in [0.29, 0.717) is 17.2 Å². The van der Waals surface area contributed by atoms with E-state index in [4.69, 9.17) is 21.1 Å². The van der Waals surface area contributed by atoms with Gasteiger partial charge in [-0.3, -0.25) is 0 Å². The van der Waals surface area contributed by atoms with E-state index in [2.05, 4.69) is 31.1 Å². The molecule has 0 aliphatic rings. The third kappa shape index (κ3) is 4.02. The summed E-state index contributed by atoms with van der Waals surface area (Å²) in [6.45, 7) is 6.19. The molecule has 160 valence electrons. The summed E-state index contributed by atoms with van der Waals surface area (Å²) in [5, 5.41) is 7.83. The molecule has 3 rings (SSSR count). The molecular formula is C21H24ClN3O4S. The molecule has 3 aromatic rings. The molecular weight excluding hydrogens is 426 g/mol. The number of rotatable bonds is 6. The Morgan fingerprint density at radius 2 is 1.70 bits per heavy atom. The van der Waals surface area contributed by atoms with Crippen LogP contribution in [0.25, 0.3) is 5.69 Å². The zero-order valence-electron chi connectivity index (χ0n) is 17.5. The lowest BCUT2D eigenvalue weighted by Gasteiger charge is -2.19. The Bertz CT molecular complexity index is 1150. The minimum Gasteiger partial charge on any atom is -0.497 e. The highest BCUT2D eigenvalue weighted by atomic mass is 35.5. The predicted molar refractivity (Wildman–Crippen MR) is 115 cm³/mol.